The summed E-state index contributed by atoms with van der Waals surface area (Å²) in [6.07, 6.45) is 1.03. The number of nitrogens with one attached hydrogen (secondary N) is 1. The van der Waals surface area contributed by atoms with E-state index in [9.17, 15) is 4.79 Å². The Hall–Kier alpha value is -1.75. The molecular formula is C12H19N3O2. The lowest BCUT2D eigenvalue weighted by Crippen LogP contribution is -2.29. The van der Waals surface area contributed by atoms with E-state index in [1.54, 1.807) is 0 Å². The standard InChI is InChI=1S/C12H19N3O2/c1-15(2)10-5-3-6-11(9-10)17-8-4-7-12(16)14-13/h3,5-6,9H,4,7-8,13H2,1-2H3,(H,14,16). The highest BCUT2D eigenvalue weighted by Crippen LogP contribution is 2.19. The van der Waals surface area contributed by atoms with Gasteiger partial charge in [-0.3, -0.25) is 10.2 Å². The molecule has 0 fully saturated rings. The SMILES string of the molecule is CN(C)c1cccc(OCCCC(=O)NN)c1. The van der Waals surface area contributed by atoms with Gasteiger partial charge in [-0.1, -0.05) is 6.07 Å². The van der Waals surface area contributed by atoms with E-state index < -0.39 is 0 Å². The molecule has 1 rings (SSSR count). The first-order valence-electron chi connectivity index (χ1n) is 5.53. The molecule has 17 heavy (non-hydrogen) atoms. The van der Waals surface area contributed by atoms with Crippen molar-refractivity contribution in [2.24, 2.45) is 5.84 Å². The van der Waals surface area contributed by atoms with E-state index in [2.05, 4.69) is 5.43 Å². The average Bonchev–Trinajstić information content (AvgIpc) is 2.34. The number of rotatable bonds is 6. The monoisotopic (exact) mass is 237 g/mol. The summed E-state index contributed by atoms with van der Waals surface area (Å²) in [6.45, 7) is 0.504. The summed E-state index contributed by atoms with van der Waals surface area (Å²) in [5, 5.41) is 0. The number of amides is 1. The molecule has 0 bridgehead atoms. The molecule has 0 unspecified atom stereocenters. The van der Waals surface area contributed by atoms with Gasteiger partial charge >= 0.3 is 0 Å². The molecule has 0 aliphatic heterocycles. The zero-order valence-electron chi connectivity index (χ0n) is 10.3. The first-order chi connectivity index (χ1) is 8.13. The molecule has 0 aromatic heterocycles. The zero-order valence-corrected chi connectivity index (χ0v) is 10.3. The summed E-state index contributed by atoms with van der Waals surface area (Å²) in [4.78, 5) is 12.9. The van der Waals surface area contributed by atoms with Gasteiger partial charge in [0.15, 0.2) is 0 Å². The zero-order chi connectivity index (χ0) is 12.7. The molecule has 0 aliphatic carbocycles. The minimum atomic E-state index is -0.171. The van der Waals surface area contributed by atoms with Crippen LogP contribution in [0, 0.1) is 0 Å². The number of hydrogen-bond donors (Lipinski definition) is 2. The van der Waals surface area contributed by atoms with Crippen molar-refractivity contribution >= 4 is 11.6 Å². The molecule has 0 spiro atoms. The van der Waals surface area contributed by atoms with Crippen LogP contribution in [0.1, 0.15) is 12.8 Å². The van der Waals surface area contributed by atoms with Gasteiger partial charge in [-0.25, -0.2) is 5.84 Å². The molecular weight excluding hydrogens is 218 g/mol. The number of anilines is 1. The molecule has 5 heteroatoms. The van der Waals surface area contributed by atoms with E-state index in [1.165, 1.54) is 0 Å². The van der Waals surface area contributed by atoms with Crippen molar-refractivity contribution in [2.45, 2.75) is 12.8 Å². The fourth-order valence-corrected chi connectivity index (χ4v) is 1.35. The van der Waals surface area contributed by atoms with Crippen LogP contribution in [0.3, 0.4) is 0 Å². The Morgan fingerprint density at radius 1 is 1.47 bits per heavy atom. The van der Waals surface area contributed by atoms with E-state index in [4.69, 9.17) is 10.6 Å². The molecule has 0 heterocycles. The van der Waals surface area contributed by atoms with Gasteiger partial charge < -0.3 is 9.64 Å². The van der Waals surface area contributed by atoms with Crippen LogP contribution in [0.25, 0.3) is 0 Å². The second-order valence-electron chi connectivity index (χ2n) is 3.91. The number of hydrazine groups is 1. The third-order valence-electron chi connectivity index (χ3n) is 2.31. The molecule has 3 N–H and O–H groups in total. The van der Waals surface area contributed by atoms with Crippen LogP contribution in [-0.2, 0) is 4.79 Å². The fourth-order valence-electron chi connectivity index (χ4n) is 1.35. The third-order valence-corrected chi connectivity index (χ3v) is 2.31. The van der Waals surface area contributed by atoms with Gasteiger partial charge in [0, 0.05) is 32.3 Å². The lowest BCUT2D eigenvalue weighted by molar-refractivity contribution is -0.121. The van der Waals surface area contributed by atoms with E-state index in [-0.39, 0.29) is 5.91 Å². The number of carbonyl (C=O) groups excluding carboxylic acids is 1. The molecule has 1 amide bonds. The molecule has 0 saturated carbocycles. The van der Waals surface area contributed by atoms with Gasteiger partial charge in [0.05, 0.1) is 6.61 Å². The number of ether oxygens (including phenoxy) is 1. The Morgan fingerprint density at radius 3 is 2.88 bits per heavy atom. The summed E-state index contributed by atoms with van der Waals surface area (Å²) >= 11 is 0. The summed E-state index contributed by atoms with van der Waals surface area (Å²) in [7, 11) is 3.95. The van der Waals surface area contributed by atoms with Crippen LogP contribution in [0.2, 0.25) is 0 Å². The summed E-state index contributed by atoms with van der Waals surface area (Å²) < 4.78 is 5.54. The van der Waals surface area contributed by atoms with E-state index in [0.29, 0.717) is 19.4 Å². The molecule has 5 nitrogen and oxygen atoms in total. The topological polar surface area (TPSA) is 67.6 Å². The van der Waals surface area contributed by atoms with Crippen molar-refractivity contribution in [1.82, 2.24) is 5.43 Å². The van der Waals surface area contributed by atoms with Gasteiger partial charge in [-0.15, -0.1) is 0 Å². The molecule has 1 aromatic carbocycles. The van der Waals surface area contributed by atoms with Gasteiger partial charge in [0.25, 0.3) is 0 Å². The third kappa shape index (κ3) is 4.74. The lowest BCUT2D eigenvalue weighted by Gasteiger charge is -2.14. The number of hydrogen-bond acceptors (Lipinski definition) is 4. The van der Waals surface area contributed by atoms with Gasteiger partial charge in [-0.05, 0) is 18.6 Å². The van der Waals surface area contributed by atoms with Crippen LogP contribution in [0.5, 0.6) is 5.75 Å². The van der Waals surface area contributed by atoms with Crippen molar-refractivity contribution in [3.8, 4) is 5.75 Å². The van der Waals surface area contributed by atoms with Crippen LogP contribution < -0.4 is 20.9 Å². The Kier molecular flexibility index (Phi) is 5.29. The number of benzene rings is 1. The predicted octanol–water partition coefficient (Wildman–Crippen LogP) is 0.901. The first kappa shape index (κ1) is 13.3. The molecule has 94 valence electrons. The van der Waals surface area contributed by atoms with E-state index in [1.807, 2.05) is 43.3 Å². The Labute approximate surface area is 102 Å². The van der Waals surface area contributed by atoms with Crippen LogP contribution >= 0.6 is 0 Å². The van der Waals surface area contributed by atoms with Gasteiger partial charge in [0.2, 0.25) is 5.91 Å². The number of nitrogens with two attached hydrogens (primary N) is 1. The maximum Gasteiger partial charge on any atom is 0.234 e. The lowest BCUT2D eigenvalue weighted by atomic mass is 10.3. The Bertz CT molecular complexity index is 367. The molecule has 0 atom stereocenters. The highest BCUT2D eigenvalue weighted by Gasteiger charge is 2.00. The van der Waals surface area contributed by atoms with Gasteiger partial charge in [0.1, 0.15) is 5.75 Å². The van der Waals surface area contributed by atoms with Crippen molar-refractivity contribution < 1.29 is 9.53 Å². The number of nitrogens with zero attached hydrogens (tertiary/aromatic N) is 1. The van der Waals surface area contributed by atoms with E-state index >= 15 is 0 Å². The quantitative estimate of drug-likeness (QED) is 0.334. The second-order valence-corrected chi connectivity index (χ2v) is 3.91. The summed E-state index contributed by atoms with van der Waals surface area (Å²) in [5.41, 5.74) is 3.17. The van der Waals surface area contributed by atoms with Crippen molar-refractivity contribution in [1.29, 1.82) is 0 Å². The highest BCUT2D eigenvalue weighted by molar-refractivity contribution is 5.75. The second kappa shape index (κ2) is 6.75. The Morgan fingerprint density at radius 2 is 2.24 bits per heavy atom. The number of carbonyl (C=O) groups is 1. The minimum Gasteiger partial charge on any atom is -0.494 e. The summed E-state index contributed by atoms with van der Waals surface area (Å²) in [5.74, 6) is 5.61. The van der Waals surface area contributed by atoms with Crippen molar-refractivity contribution in [3.05, 3.63) is 24.3 Å². The van der Waals surface area contributed by atoms with Crippen LogP contribution in [0.15, 0.2) is 24.3 Å². The first-order valence-corrected chi connectivity index (χ1v) is 5.53. The van der Waals surface area contributed by atoms with Crippen LogP contribution in [0.4, 0.5) is 5.69 Å². The van der Waals surface area contributed by atoms with Crippen LogP contribution in [-0.4, -0.2) is 26.6 Å². The highest BCUT2D eigenvalue weighted by atomic mass is 16.5. The molecule has 0 saturated heterocycles. The molecule has 0 radical (unpaired) electrons. The predicted molar refractivity (Wildman–Crippen MR) is 67.8 cm³/mol. The van der Waals surface area contributed by atoms with Gasteiger partial charge in [-0.2, -0.15) is 0 Å². The maximum atomic E-state index is 10.9. The Balaban J connectivity index is 2.36. The van der Waals surface area contributed by atoms with Crippen molar-refractivity contribution in [3.63, 3.8) is 0 Å². The molecule has 0 aliphatic rings. The average molecular weight is 237 g/mol. The van der Waals surface area contributed by atoms with Crippen molar-refractivity contribution in [2.75, 3.05) is 25.6 Å². The maximum absolute atomic E-state index is 10.9. The smallest absolute Gasteiger partial charge is 0.234 e. The largest absolute Gasteiger partial charge is 0.494 e. The molecule has 1 aromatic rings. The normalized spacial score (nSPS) is 9.82. The summed E-state index contributed by atoms with van der Waals surface area (Å²) in [6, 6.07) is 7.81. The minimum absolute atomic E-state index is 0.171. The fraction of sp³-hybridized carbons (Fsp3) is 0.417. The van der Waals surface area contributed by atoms with E-state index in [0.717, 1.165) is 11.4 Å².